The van der Waals surface area contributed by atoms with Gasteiger partial charge in [-0.1, -0.05) is 42.0 Å². The molecule has 1 aromatic carbocycles. The van der Waals surface area contributed by atoms with E-state index in [1.807, 2.05) is 34.1 Å². The highest BCUT2D eigenvalue weighted by atomic mass is 15.1. The third-order valence-corrected chi connectivity index (χ3v) is 4.43. The van der Waals surface area contributed by atoms with E-state index in [1.165, 1.54) is 5.57 Å². The van der Waals surface area contributed by atoms with E-state index in [1.54, 1.807) is 0 Å². The summed E-state index contributed by atoms with van der Waals surface area (Å²) in [4.78, 5) is 11.4. The van der Waals surface area contributed by atoms with Crippen LogP contribution in [0.25, 0.3) is 22.3 Å². The molecular formula is C24H32N4. The summed E-state index contributed by atoms with van der Waals surface area (Å²) in [6, 6.07) is 8.28. The quantitative estimate of drug-likeness (QED) is 0.362. The highest BCUT2D eigenvalue weighted by molar-refractivity contribution is 5.89. The molecule has 28 heavy (non-hydrogen) atoms. The average Bonchev–Trinajstić information content (AvgIpc) is 3.04. The lowest BCUT2D eigenvalue weighted by atomic mass is 10.1. The third-order valence-electron chi connectivity index (χ3n) is 4.43. The molecule has 0 aliphatic heterocycles. The van der Waals surface area contributed by atoms with Gasteiger partial charge in [0.2, 0.25) is 0 Å². The summed E-state index contributed by atoms with van der Waals surface area (Å²) in [6.07, 6.45) is 11.5. The van der Waals surface area contributed by atoms with E-state index >= 15 is 0 Å². The predicted molar refractivity (Wildman–Crippen MR) is 124 cm³/mol. The first-order valence-electron chi connectivity index (χ1n) is 9.68. The second-order valence-corrected chi connectivity index (χ2v) is 7.09. The fourth-order valence-corrected chi connectivity index (χ4v) is 3.15. The molecule has 4 heteroatoms. The molecule has 0 N–H and O–H groups in total. The number of hydrogen-bond donors (Lipinski definition) is 0. The van der Waals surface area contributed by atoms with Crippen molar-refractivity contribution in [3.63, 3.8) is 0 Å². The van der Waals surface area contributed by atoms with E-state index in [0.29, 0.717) is 0 Å². The van der Waals surface area contributed by atoms with Gasteiger partial charge in [0.05, 0.1) is 11.0 Å². The van der Waals surface area contributed by atoms with Gasteiger partial charge >= 0.3 is 0 Å². The van der Waals surface area contributed by atoms with Gasteiger partial charge in [-0.05, 0) is 45.9 Å². The van der Waals surface area contributed by atoms with Gasteiger partial charge in [0.15, 0.2) is 0 Å². The minimum absolute atomic E-state index is 0.751. The van der Waals surface area contributed by atoms with Crippen LogP contribution in [0.4, 0.5) is 0 Å². The van der Waals surface area contributed by atoms with E-state index < -0.39 is 0 Å². The predicted octanol–water partition coefficient (Wildman–Crippen LogP) is 5.80. The first-order valence-corrected chi connectivity index (χ1v) is 9.68. The monoisotopic (exact) mass is 376 g/mol. The van der Waals surface area contributed by atoms with Gasteiger partial charge < -0.3 is 4.90 Å². The van der Waals surface area contributed by atoms with Crippen LogP contribution in [0.1, 0.15) is 39.9 Å². The lowest BCUT2D eigenvalue weighted by Gasteiger charge is -2.15. The van der Waals surface area contributed by atoms with Crippen molar-refractivity contribution in [1.29, 1.82) is 0 Å². The minimum Gasteiger partial charge on any atom is -0.366 e. The molecule has 0 saturated heterocycles. The SMILES string of the molecule is C/C=C\C(=C/C)n1c(/C(C=C(C)C)=C/CC(=NC)N(C)C)nc2ccccc21. The number of aliphatic imine (C=N–C) groups is 1. The maximum absolute atomic E-state index is 4.99. The number of amidine groups is 1. The standard InChI is InChI=1S/C24H32N4/c1-8-12-20(9-2)28-22-14-11-10-13-21(22)26-24(28)19(17-18(3)4)15-16-23(25-5)27(6)7/h8-15,17H,16H2,1-7H3/b12-8-,19-15+,20-9+,25-23?. The summed E-state index contributed by atoms with van der Waals surface area (Å²) in [5.74, 6) is 1.98. The topological polar surface area (TPSA) is 33.4 Å². The molecule has 0 amide bonds. The van der Waals surface area contributed by atoms with Crippen LogP contribution in [-0.2, 0) is 0 Å². The Balaban J connectivity index is 2.74. The van der Waals surface area contributed by atoms with Crippen LogP contribution in [0.2, 0.25) is 0 Å². The Hall–Kier alpha value is -2.88. The molecule has 0 bridgehead atoms. The largest absolute Gasteiger partial charge is 0.366 e. The summed E-state index contributed by atoms with van der Waals surface area (Å²) in [7, 11) is 5.88. The van der Waals surface area contributed by atoms with Crippen LogP contribution in [0, 0.1) is 0 Å². The summed E-state index contributed by atoms with van der Waals surface area (Å²) in [6.45, 7) is 8.33. The smallest absolute Gasteiger partial charge is 0.145 e. The lowest BCUT2D eigenvalue weighted by Crippen LogP contribution is -2.21. The number of fused-ring (bicyclic) bond motifs is 1. The molecule has 4 nitrogen and oxygen atoms in total. The van der Waals surface area contributed by atoms with Gasteiger partial charge in [-0.2, -0.15) is 0 Å². The molecule has 2 rings (SSSR count). The van der Waals surface area contributed by atoms with E-state index in [0.717, 1.165) is 40.4 Å². The highest BCUT2D eigenvalue weighted by Crippen LogP contribution is 2.28. The molecule has 0 atom stereocenters. The van der Waals surface area contributed by atoms with Crippen LogP contribution >= 0.6 is 0 Å². The van der Waals surface area contributed by atoms with Crippen molar-refractivity contribution in [1.82, 2.24) is 14.5 Å². The molecule has 0 spiro atoms. The van der Waals surface area contributed by atoms with E-state index in [2.05, 4.69) is 83.8 Å². The van der Waals surface area contributed by atoms with Crippen molar-refractivity contribution in [2.45, 2.75) is 34.1 Å². The molecular weight excluding hydrogens is 344 g/mol. The number of aromatic nitrogens is 2. The van der Waals surface area contributed by atoms with Gasteiger partial charge in [0, 0.05) is 38.8 Å². The first kappa shape index (κ1) is 21.4. The number of imidazole rings is 1. The second kappa shape index (κ2) is 9.88. The van der Waals surface area contributed by atoms with Crippen molar-refractivity contribution >= 4 is 28.1 Å². The molecule has 0 fully saturated rings. The number of hydrogen-bond acceptors (Lipinski definition) is 2. The first-order chi connectivity index (χ1) is 13.4. The molecule has 1 aromatic heterocycles. The number of benzene rings is 1. The Kier molecular flexibility index (Phi) is 7.56. The van der Waals surface area contributed by atoms with E-state index in [-0.39, 0.29) is 0 Å². The van der Waals surface area contributed by atoms with Crippen molar-refractivity contribution in [3.8, 4) is 0 Å². The lowest BCUT2D eigenvalue weighted by molar-refractivity contribution is 0.610. The van der Waals surface area contributed by atoms with Gasteiger partial charge in [0.1, 0.15) is 11.7 Å². The molecule has 2 aromatic rings. The number of allylic oxidation sites excluding steroid dienone is 7. The van der Waals surface area contributed by atoms with Crippen molar-refractivity contribution in [3.05, 3.63) is 66.0 Å². The number of nitrogens with zero attached hydrogens (tertiary/aromatic N) is 4. The zero-order valence-corrected chi connectivity index (χ0v) is 18.2. The van der Waals surface area contributed by atoms with Crippen molar-refractivity contribution in [2.24, 2.45) is 4.99 Å². The Morgan fingerprint density at radius 3 is 2.46 bits per heavy atom. The molecule has 0 radical (unpaired) electrons. The summed E-state index contributed by atoms with van der Waals surface area (Å²) in [5, 5.41) is 0. The van der Waals surface area contributed by atoms with Crippen molar-refractivity contribution in [2.75, 3.05) is 21.1 Å². The van der Waals surface area contributed by atoms with Crippen LogP contribution in [0.3, 0.4) is 0 Å². The Morgan fingerprint density at radius 2 is 1.89 bits per heavy atom. The van der Waals surface area contributed by atoms with Gasteiger partial charge in [0.25, 0.3) is 0 Å². The van der Waals surface area contributed by atoms with Crippen LogP contribution in [-0.4, -0.2) is 41.4 Å². The fourth-order valence-electron chi connectivity index (χ4n) is 3.15. The maximum Gasteiger partial charge on any atom is 0.145 e. The van der Waals surface area contributed by atoms with Crippen LogP contribution < -0.4 is 0 Å². The summed E-state index contributed by atoms with van der Waals surface area (Å²) in [5.41, 5.74) is 5.54. The zero-order valence-electron chi connectivity index (χ0n) is 18.2. The van der Waals surface area contributed by atoms with Gasteiger partial charge in [-0.25, -0.2) is 4.98 Å². The molecule has 148 valence electrons. The third kappa shape index (κ3) is 4.89. The molecule has 1 heterocycles. The normalized spacial score (nSPS) is 13.5. The summed E-state index contributed by atoms with van der Waals surface area (Å²) < 4.78 is 2.24. The zero-order chi connectivity index (χ0) is 20.7. The van der Waals surface area contributed by atoms with Gasteiger partial charge in [-0.3, -0.25) is 9.56 Å². The molecule has 0 aliphatic rings. The second-order valence-electron chi connectivity index (χ2n) is 7.09. The van der Waals surface area contributed by atoms with Crippen LogP contribution in [0.15, 0.2) is 65.2 Å². The maximum atomic E-state index is 4.99. The van der Waals surface area contributed by atoms with E-state index in [4.69, 9.17) is 4.98 Å². The number of rotatable bonds is 6. The Morgan fingerprint density at radius 1 is 1.18 bits per heavy atom. The van der Waals surface area contributed by atoms with Gasteiger partial charge in [-0.15, -0.1) is 0 Å². The fraction of sp³-hybridized carbons (Fsp3) is 0.333. The molecule has 0 saturated carbocycles. The molecule has 0 aliphatic carbocycles. The minimum atomic E-state index is 0.751. The van der Waals surface area contributed by atoms with Crippen molar-refractivity contribution < 1.29 is 0 Å². The summed E-state index contributed by atoms with van der Waals surface area (Å²) >= 11 is 0. The highest BCUT2D eigenvalue weighted by Gasteiger charge is 2.15. The Bertz CT molecular complexity index is 962. The average molecular weight is 377 g/mol. The number of para-hydroxylation sites is 2. The molecule has 0 unspecified atom stereocenters. The van der Waals surface area contributed by atoms with E-state index in [9.17, 15) is 0 Å². The van der Waals surface area contributed by atoms with Crippen LogP contribution in [0.5, 0.6) is 0 Å². The Labute approximate surface area is 169 Å².